The van der Waals surface area contributed by atoms with Gasteiger partial charge in [-0.3, -0.25) is 4.79 Å². The third kappa shape index (κ3) is 2.20. The number of rotatable bonds is 4. The number of carbonyl (C=O) groups excluding carboxylic acids is 1. The van der Waals surface area contributed by atoms with Crippen molar-refractivity contribution in [3.8, 4) is 0 Å². The Hall–Kier alpha value is -2.30. The Morgan fingerprint density at radius 1 is 1.39 bits per heavy atom. The van der Waals surface area contributed by atoms with Crippen molar-refractivity contribution < 1.29 is 19.1 Å². The smallest absolute Gasteiger partial charge is 0.326 e. The maximum absolute atomic E-state index is 12.0. The van der Waals surface area contributed by atoms with Gasteiger partial charge in [-0.25, -0.2) is 4.79 Å². The fourth-order valence-electron chi connectivity index (χ4n) is 1.73. The number of carbonyl (C=O) groups is 2. The minimum Gasteiger partial charge on any atom is -0.480 e. The molecule has 0 fully saturated rings. The molecule has 2 N–H and O–H groups in total. The summed E-state index contributed by atoms with van der Waals surface area (Å²) in [6.45, 7) is 1.70. The van der Waals surface area contributed by atoms with Gasteiger partial charge in [-0.1, -0.05) is 25.1 Å². The van der Waals surface area contributed by atoms with Gasteiger partial charge >= 0.3 is 5.97 Å². The number of para-hydroxylation sites is 1. The summed E-state index contributed by atoms with van der Waals surface area (Å²) in [4.78, 5) is 22.8. The third-order valence-electron chi connectivity index (χ3n) is 2.74. The molecule has 5 heteroatoms. The number of furan rings is 1. The lowest BCUT2D eigenvalue weighted by molar-refractivity contribution is -0.139. The van der Waals surface area contributed by atoms with Crippen molar-refractivity contribution in [1.29, 1.82) is 0 Å². The number of carboxylic acid groups (broad SMARTS) is 1. The average molecular weight is 247 g/mol. The van der Waals surface area contributed by atoms with E-state index >= 15 is 0 Å². The standard InChI is InChI=1S/C13H13NO4/c1-2-10(13(16)17)14-12(15)9-7-18-11-6-4-3-5-8(9)11/h3-7,10H,2H2,1H3,(H,14,15)(H,16,17). The monoisotopic (exact) mass is 247 g/mol. The Balaban J connectivity index is 2.26. The summed E-state index contributed by atoms with van der Waals surface area (Å²) in [7, 11) is 0. The first-order valence-corrected chi connectivity index (χ1v) is 5.63. The fraction of sp³-hybridized carbons (Fsp3) is 0.231. The number of amides is 1. The lowest BCUT2D eigenvalue weighted by Crippen LogP contribution is -2.40. The van der Waals surface area contributed by atoms with Crippen molar-refractivity contribution in [3.63, 3.8) is 0 Å². The summed E-state index contributed by atoms with van der Waals surface area (Å²) < 4.78 is 5.24. The number of carboxylic acids is 1. The first-order chi connectivity index (χ1) is 8.63. The molecule has 0 bridgehead atoms. The normalized spacial score (nSPS) is 12.3. The zero-order valence-electron chi connectivity index (χ0n) is 9.84. The summed E-state index contributed by atoms with van der Waals surface area (Å²) in [5.74, 6) is -1.48. The van der Waals surface area contributed by atoms with Gasteiger partial charge in [0.25, 0.3) is 5.91 Å². The highest BCUT2D eigenvalue weighted by molar-refractivity contribution is 6.06. The van der Waals surface area contributed by atoms with Gasteiger partial charge in [0.2, 0.25) is 0 Å². The van der Waals surface area contributed by atoms with Crippen molar-refractivity contribution in [2.45, 2.75) is 19.4 Å². The molecule has 2 rings (SSSR count). The van der Waals surface area contributed by atoms with Gasteiger partial charge in [-0.05, 0) is 12.5 Å². The summed E-state index contributed by atoms with van der Waals surface area (Å²) in [6, 6.07) is 6.23. The maximum atomic E-state index is 12.0. The molecular formula is C13H13NO4. The summed E-state index contributed by atoms with van der Waals surface area (Å²) in [5, 5.41) is 12.0. The van der Waals surface area contributed by atoms with E-state index in [9.17, 15) is 9.59 Å². The van der Waals surface area contributed by atoms with Crippen molar-refractivity contribution in [3.05, 3.63) is 36.1 Å². The molecule has 1 unspecified atom stereocenters. The van der Waals surface area contributed by atoms with E-state index in [1.165, 1.54) is 6.26 Å². The van der Waals surface area contributed by atoms with Crippen LogP contribution in [0.3, 0.4) is 0 Å². The summed E-state index contributed by atoms with van der Waals surface area (Å²) in [6.07, 6.45) is 1.67. The maximum Gasteiger partial charge on any atom is 0.326 e. The van der Waals surface area contributed by atoms with Crippen LogP contribution in [0.1, 0.15) is 23.7 Å². The van der Waals surface area contributed by atoms with Crippen molar-refractivity contribution >= 4 is 22.8 Å². The first-order valence-electron chi connectivity index (χ1n) is 5.63. The van der Waals surface area contributed by atoms with E-state index < -0.39 is 17.9 Å². The number of nitrogens with one attached hydrogen (secondary N) is 1. The Bertz CT molecular complexity index is 587. The van der Waals surface area contributed by atoms with E-state index in [-0.39, 0.29) is 0 Å². The topological polar surface area (TPSA) is 79.5 Å². The molecule has 0 aliphatic carbocycles. The molecule has 2 aromatic rings. The van der Waals surface area contributed by atoms with E-state index in [4.69, 9.17) is 9.52 Å². The second-order valence-corrected chi connectivity index (χ2v) is 3.92. The lowest BCUT2D eigenvalue weighted by Gasteiger charge is -2.11. The predicted molar refractivity (Wildman–Crippen MR) is 65.4 cm³/mol. The van der Waals surface area contributed by atoms with Gasteiger partial charge < -0.3 is 14.8 Å². The number of fused-ring (bicyclic) bond motifs is 1. The molecular weight excluding hydrogens is 234 g/mol. The van der Waals surface area contributed by atoms with Crippen LogP contribution in [0.5, 0.6) is 0 Å². The van der Waals surface area contributed by atoms with E-state index in [1.54, 1.807) is 31.2 Å². The molecule has 1 aromatic carbocycles. The quantitative estimate of drug-likeness (QED) is 0.866. The van der Waals surface area contributed by atoms with Crippen molar-refractivity contribution in [2.75, 3.05) is 0 Å². The molecule has 18 heavy (non-hydrogen) atoms. The van der Waals surface area contributed by atoms with Crippen LogP contribution in [0.2, 0.25) is 0 Å². The van der Waals surface area contributed by atoms with Crippen LogP contribution in [0.4, 0.5) is 0 Å². The zero-order chi connectivity index (χ0) is 13.1. The Kier molecular flexibility index (Phi) is 3.32. The van der Waals surface area contributed by atoms with E-state index in [2.05, 4.69) is 5.32 Å². The van der Waals surface area contributed by atoms with E-state index in [0.29, 0.717) is 23.0 Å². The molecule has 1 aromatic heterocycles. The number of benzene rings is 1. The Labute approximate surface area is 103 Å². The minimum absolute atomic E-state index is 0.330. The predicted octanol–water partition coefficient (Wildman–Crippen LogP) is 2.03. The molecule has 1 atom stereocenters. The van der Waals surface area contributed by atoms with Gasteiger partial charge in [0, 0.05) is 5.39 Å². The number of hydrogen-bond donors (Lipinski definition) is 2. The number of aliphatic carboxylic acids is 1. The first kappa shape index (κ1) is 12.2. The highest BCUT2D eigenvalue weighted by atomic mass is 16.4. The van der Waals surface area contributed by atoms with Crippen LogP contribution >= 0.6 is 0 Å². The third-order valence-corrected chi connectivity index (χ3v) is 2.74. The molecule has 1 amide bonds. The molecule has 94 valence electrons. The second-order valence-electron chi connectivity index (χ2n) is 3.92. The summed E-state index contributed by atoms with van der Waals surface area (Å²) in [5.41, 5.74) is 0.955. The van der Waals surface area contributed by atoms with Gasteiger partial charge in [0.15, 0.2) is 0 Å². The van der Waals surface area contributed by atoms with Crippen LogP contribution in [0.15, 0.2) is 34.9 Å². The van der Waals surface area contributed by atoms with E-state index in [1.807, 2.05) is 0 Å². The van der Waals surface area contributed by atoms with Crippen LogP contribution in [-0.2, 0) is 4.79 Å². The Morgan fingerprint density at radius 2 is 2.11 bits per heavy atom. The highest BCUT2D eigenvalue weighted by Crippen LogP contribution is 2.20. The van der Waals surface area contributed by atoms with Gasteiger partial charge in [0.1, 0.15) is 17.9 Å². The molecule has 0 saturated carbocycles. The highest BCUT2D eigenvalue weighted by Gasteiger charge is 2.20. The molecule has 5 nitrogen and oxygen atoms in total. The van der Waals surface area contributed by atoms with Gasteiger partial charge in [-0.2, -0.15) is 0 Å². The van der Waals surface area contributed by atoms with E-state index in [0.717, 1.165) is 0 Å². The summed E-state index contributed by atoms with van der Waals surface area (Å²) >= 11 is 0. The van der Waals surface area contributed by atoms with Gasteiger partial charge in [0.05, 0.1) is 5.56 Å². The second kappa shape index (κ2) is 4.91. The number of hydrogen-bond acceptors (Lipinski definition) is 3. The zero-order valence-corrected chi connectivity index (χ0v) is 9.84. The molecule has 0 aliphatic rings. The van der Waals surface area contributed by atoms with Gasteiger partial charge in [-0.15, -0.1) is 0 Å². The fourth-order valence-corrected chi connectivity index (χ4v) is 1.73. The molecule has 0 spiro atoms. The lowest BCUT2D eigenvalue weighted by atomic mass is 10.1. The minimum atomic E-state index is -1.04. The molecule has 0 radical (unpaired) electrons. The van der Waals surface area contributed by atoms with Crippen LogP contribution in [-0.4, -0.2) is 23.0 Å². The average Bonchev–Trinajstić information content (AvgIpc) is 2.79. The molecule has 0 saturated heterocycles. The Morgan fingerprint density at radius 3 is 2.78 bits per heavy atom. The SMILES string of the molecule is CCC(NC(=O)c1coc2ccccc12)C(=O)O. The molecule has 0 aliphatic heterocycles. The largest absolute Gasteiger partial charge is 0.480 e. The van der Waals surface area contributed by atoms with Crippen LogP contribution in [0.25, 0.3) is 11.0 Å². The van der Waals surface area contributed by atoms with Crippen LogP contribution in [0, 0.1) is 0 Å². The van der Waals surface area contributed by atoms with Crippen molar-refractivity contribution in [1.82, 2.24) is 5.32 Å². The van der Waals surface area contributed by atoms with Crippen LogP contribution < -0.4 is 5.32 Å². The molecule has 1 heterocycles. The van der Waals surface area contributed by atoms with Crippen molar-refractivity contribution in [2.24, 2.45) is 0 Å².